The van der Waals surface area contributed by atoms with Crippen molar-refractivity contribution in [3.63, 3.8) is 0 Å². The summed E-state index contributed by atoms with van der Waals surface area (Å²) < 4.78 is 7.18. The molecule has 2 aromatic heterocycles. The number of aryl methyl sites for hydroxylation is 1. The van der Waals surface area contributed by atoms with Crippen molar-refractivity contribution in [3.8, 4) is 11.5 Å². The summed E-state index contributed by atoms with van der Waals surface area (Å²) in [5.74, 6) is -0.248. The van der Waals surface area contributed by atoms with Crippen molar-refractivity contribution in [2.24, 2.45) is 0 Å². The summed E-state index contributed by atoms with van der Waals surface area (Å²) in [5, 5.41) is 16.4. The van der Waals surface area contributed by atoms with Crippen LogP contribution in [0.1, 0.15) is 10.4 Å². The lowest BCUT2D eigenvalue weighted by atomic mass is 10.2. The highest BCUT2D eigenvalue weighted by atomic mass is 32.2. The van der Waals surface area contributed by atoms with Gasteiger partial charge in [0, 0.05) is 18.5 Å². The molecule has 2 N–H and O–H groups in total. The lowest BCUT2D eigenvalue weighted by Gasteiger charge is -2.11. The summed E-state index contributed by atoms with van der Waals surface area (Å²) in [6.07, 6.45) is 4.22. The number of para-hydroxylation sites is 1. The molecule has 0 bridgehead atoms. The lowest BCUT2D eigenvalue weighted by molar-refractivity contribution is 0.0694. The Bertz CT molecular complexity index is 910. The number of carbonyl (C=O) groups is 1. The molecular weight excluding hydrogens is 344 g/mol. The van der Waals surface area contributed by atoms with E-state index in [1.165, 1.54) is 30.5 Å². The van der Waals surface area contributed by atoms with Gasteiger partial charge in [0.15, 0.2) is 10.9 Å². The molecule has 1 aromatic carbocycles. The van der Waals surface area contributed by atoms with Crippen LogP contribution in [-0.2, 0) is 6.54 Å². The molecule has 3 aromatic rings. The minimum absolute atomic E-state index is 0.0317. The highest BCUT2D eigenvalue weighted by Crippen LogP contribution is 2.18. The van der Waals surface area contributed by atoms with Crippen molar-refractivity contribution < 1.29 is 14.6 Å². The van der Waals surface area contributed by atoms with Crippen molar-refractivity contribution in [2.75, 3.05) is 5.75 Å². The second-order valence-corrected chi connectivity index (χ2v) is 6.05. The zero-order valence-corrected chi connectivity index (χ0v) is 13.8. The van der Waals surface area contributed by atoms with Gasteiger partial charge in [-0.05, 0) is 12.1 Å². The summed E-state index contributed by atoms with van der Waals surface area (Å²) in [6.45, 7) is 0.469. The third-order valence-corrected chi connectivity index (χ3v) is 4.09. The van der Waals surface area contributed by atoms with E-state index in [4.69, 9.17) is 4.74 Å². The average Bonchev–Trinajstić information content (AvgIpc) is 3.11. The van der Waals surface area contributed by atoms with Gasteiger partial charge in [0.05, 0.1) is 6.20 Å². The van der Waals surface area contributed by atoms with E-state index in [9.17, 15) is 14.7 Å². The highest BCUT2D eigenvalue weighted by molar-refractivity contribution is 7.99. The van der Waals surface area contributed by atoms with E-state index in [1.807, 2.05) is 6.07 Å². The summed E-state index contributed by atoms with van der Waals surface area (Å²) in [6, 6.07) is 8.74. The monoisotopic (exact) mass is 358 g/mol. The van der Waals surface area contributed by atoms with E-state index < -0.39 is 11.4 Å². The predicted molar refractivity (Wildman–Crippen MR) is 91.3 cm³/mol. The molecule has 0 spiro atoms. The standard InChI is InChI=1S/C16H14N4O4S/c21-14-12(15(22)23)8-20(6-7-25-16-17-10-18-19-16)9-13(14)24-11-4-2-1-3-5-11/h1-5,8-10H,6-7H2,(H,22,23)(H,17,18,19). The van der Waals surface area contributed by atoms with E-state index in [0.29, 0.717) is 23.2 Å². The molecule has 0 radical (unpaired) electrons. The van der Waals surface area contributed by atoms with Gasteiger partial charge in [-0.25, -0.2) is 9.78 Å². The molecule has 0 saturated heterocycles. The Morgan fingerprint density at radius 3 is 2.76 bits per heavy atom. The molecule has 0 aliphatic rings. The van der Waals surface area contributed by atoms with Crippen LogP contribution >= 0.6 is 11.8 Å². The molecule has 0 saturated carbocycles. The van der Waals surface area contributed by atoms with Crippen LogP contribution in [0, 0.1) is 0 Å². The number of pyridine rings is 1. The maximum atomic E-state index is 12.3. The van der Waals surface area contributed by atoms with Crippen LogP contribution in [0.2, 0.25) is 0 Å². The Hall–Kier alpha value is -3.07. The van der Waals surface area contributed by atoms with E-state index in [0.717, 1.165) is 0 Å². The number of nitrogens with zero attached hydrogens (tertiary/aromatic N) is 3. The van der Waals surface area contributed by atoms with E-state index in [1.54, 1.807) is 28.8 Å². The second-order valence-electron chi connectivity index (χ2n) is 4.96. The van der Waals surface area contributed by atoms with Crippen LogP contribution in [0.15, 0.2) is 59.0 Å². The Labute approximate surface area is 146 Å². The quantitative estimate of drug-likeness (QED) is 0.623. The maximum Gasteiger partial charge on any atom is 0.341 e. The second kappa shape index (κ2) is 7.67. The minimum Gasteiger partial charge on any atom is -0.477 e. The number of rotatable bonds is 7. The first kappa shape index (κ1) is 16.8. The number of ether oxygens (including phenoxy) is 1. The van der Waals surface area contributed by atoms with Gasteiger partial charge in [-0.3, -0.25) is 9.89 Å². The van der Waals surface area contributed by atoms with Crippen molar-refractivity contribution >= 4 is 17.7 Å². The summed E-state index contributed by atoms with van der Waals surface area (Å²) in [5.41, 5.74) is -0.992. The Balaban J connectivity index is 1.82. The largest absolute Gasteiger partial charge is 0.477 e. The smallest absolute Gasteiger partial charge is 0.341 e. The van der Waals surface area contributed by atoms with Gasteiger partial charge >= 0.3 is 5.97 Å². The summed E-state index contributed by atoms with van der Waals surface area (Å²) >= 11 is 1.43. The van der Waals surface area contributed by atoms with Crippen LogP contribution in [0.4, 0.5) is 0 Å². The van der Waals surface area contributed by atoms with Crippen molar-refractivity contribution in [2.45, 2.75) is 11.7 Å². The molecular formula is C16H14N4O4S. The number of carboxylic acid groups (broad SMARTS) is 1. The number of thioether (sulfide) groups is 1. The Morgan fingerprint density at radius 2 is 2.08 bits per heavy atom. The number of H-pyrrole nitrogens is 1. The molecule has 0 aliphatic heterocycles. The fourth-order valence-electron chi connectivity index (χ4n) is 2.08. The Kier molecular flexibility index (Phi) is 5.14. The molecule has 0 fully saturated rings. The zero-order valence-electron chi connectivity index (χ0n) is 13.0. The summed E-state index contributed by atoms with van der Waals surface area (Å²) in [4.78, 5) is 27.6. The normalized spacial score (nSPS) is 10.6. The first-order valence-electron chi connectivity index (χ1n) is 7.32. The van der Waals surface area contributed by atoms with Gasteiger partial charge in [0.2, 0.25) is 5.43 Å². The first-order valence-corrected chi connectivity index (χ1v) is 8.30. The molecule has 0 atom stereocenters. The van der Waals surface area contributed by atoms with E-state index in [2.05, 4.69) is 15.2 Å². The topological polar surface area (TPSA) is 110 Å². The molecule has 8 nitrogen and oxygen atoms in total. The molecule has 0 aliphatic carbocycles. The van der Waals surface area contributed by atoms with Gasteiger partial charge in [0.1, 0.15) is 17.6 Å². The van der Waals surface area contributed by atoms with Crippen LogP contribution in [0.25, 0.3) is 0 Å². The van der Waals surface area contributed by atoms with Crippen LogP contribution in [0.3, 0.4) is 0 Å². The molecule has 25 heavy (non-hydrogen) atoms. The van der Waals surface area contributed by atoms with Gasteiger partial charge in [0.25, 0.3) is 0 Å². The third-order valence-electron chi connectivity index (χ3n) is 3.23. The van der Waals surface area contributed by atoms with Gasteiger partial charge < -0.3 is 14.4 Å². The molecule has 9 heteroatoms. The predicted octanol–water partition coefficient (Wildman–Crippen LogP) is 2.25. The molecule has 128 valence electrons. The van der Waals surface area contributed by atoms with Gasteiger partial charge in [-0.15, -0.1) is 0 Å². The number of benzene rings is 1. The number of aromatic carboxylic acids is 1. The number of nitrogens with one attached hydrogen (secondary N) is 1. The first-order chi connectivity index (χ1) is 12.1. The zero-order chi connectivity index (χ0) is 17.6. The molecule has 0 amide bonds. The fraction of sp³-hybridized carbons (Fsp3) is 0.125. The molecule has 2 heterocycles. The number of hydrogen-bond donors (Lipinski definition) is 2. The fourth-order valence-corrected chi connectivity index (χ4v) is 2.82. The van der Waals surface area contributed by atoms with Crippen molar-refractivity contribution in [1.29, 1.82) is 0 Å². The highest BCUT2D eigenvalue weighted by Gasteiger charge is 2.15. The molecule has 0 unspecified atom stereocenters. The van der Waals surface area contributed by atoms with E-state index >= 15 is 0 Å². The third kappa shape index (κ3) is 4.27. The van der Waals surface area contributed by atoms with Crippen LogP contribution in [-0.4, -0.2) is 36.6 Å². The van der Waals surface area contributed by atoms with Crippen molar-refractivity contribution in [3.05, 3.63) is 64.8 Å². The summed E-state index contributed by atoms with van der Waals surface area (Å²) in [7, 11) is 0. The lowest BCUT2D eigenvalue weighted by Crippen LogP contribution is -2.19. The molecule has 3 rings (SSSR count). The number of aromatic amines is 1. The SMILES string of the molecule is O=C(O)c1cn(CCSc2ncn[nH]2)cc(Oc2ccccc2)c1=O. The van der Waals surface area contributed by atoms with Gasteiger partial charge in [-0.1, -0.05) is 30.0 Å². The number of aromatic nitrogens is 4. The Morgan fingerprint density at radius 1 is 1.28 bits per heavy atom. The van der Waals surface area contributed by atoms with Crippen LogP contribution < -0.4 is 10.2 Å². The average molecular weight is 358 g/mol. The maximum absolute atomic E-state index is 12.3. The van der Waals surface area contributed by atoms with Gasteiger partial charge in [-0.2, -0.15) is 5.10 Å². The number of carboxylic acids is 1. The van der Waals surface area contributed by atoms with Crippen LogP contribution in [0.5, 0.6) is 11.5 Å². The van der Waals surface area contributed by atoms with E-state index in [-0.39, 0.29) is 11.3 Å². The minimum atomic E-state index is -1.29. The van der Waals surface area contributed by atoms with Crippen molar-refractivity contribution in [1.82, 2.24) is 19.7 Å². The number of hydrogen-bond acceptors (Lipinski definition) is 6.